The number of rotatable bonds is 4. The quantitative estimate of drug-likeness (QED) is 0.884. The van der Waals surface area contributed by atoms with E-state index in [9.17, 15) is 4.79 Å². The summed E-state index contributed by atoms with van der Waals surface area (Å²) in [6.45, 7) is 6.15. The fourth-order valence-electron chi connectivity index (χ4n) is 1.78. The van der Waals surface area contributed by atoms with Crippen molar-refractivity contribution in [2.24, 2.45) is 0 Å². The normalized spacial score (nSPS) is 15.6. The summed E-state index contributed by atoms with van der Waals surface area (Å²) in [5.41, 5.74) is 0.344. The highest BCUT2D eigenvalue weighted by atomic mass is 16.6. The molecule has 0 unspecified atom stereocenters. The molecule has 0 aromatic carbocycles. The summed E-state index contributed by atoms with van der Waals surface area (Å²) in [6, 6.07) is 0.622. The van der Waals surface area contributed by atoms with Crippen LogP contribution in [0.15, 0.2) is 12.4 Å². The third-order valence-electron chi connectivity index (χ3n) is 3.01. The summed E-state index contributed by atoms with van der Waals surface area (Å²) < 4.78 is 5.14. The van der Waals surface area contributed by atoms with Crippen LogP contribution in [0.1, 0.15) is 45.7 Å². The molecule has 1 fully saturated rings. The molecule has 1 aliphatic carbocycles. The highest BCUT2D eigenvalue weighted by Crippen LogP contribution is 2.18. The van der Waals surface area contributed by atoms with Gasteiger partial charge >= 0.3 is 6.09 Å². The fraction of sp³-hybridized carbons (Fsp3) is 0.643. The molecule has 1 aromatic rings. The van der Waals surface area contributed by atoms with Gasteiger partial charge in [0.1, 0.15) is 5.60 Å². The molecule has 6 heteroatoms. The molecule has 110 valence electrons. The van der Waals surface area contributed by atoms with Crippen molar-refractivity contribution in [3.63, 3.8) is 0 Å². The number of aromatic nitrogens is 2. The zero-order valence-electron chi connectivity index (χ0n) is 12.3. The van der Waals surface area contributed by atoms with Gasteiger partial charge in [0.25, 0.3) is 0 Å². The molecular weight excluding hydrogens is 256 g/mol. The van der Waals surface area contributed by atoms with Crippen molar-refractivity contribution in [2.45, 2.75) is 58.2 Å². The maximum Gasteiger partial charge on any atom is 0.413 e. The minimum Gasteiger partial charge on any atom is -0.444 e. The standard InChI is InChI=1S/C14H22N4O2/c1-14(2,3)20-13(19)18-12-9-16-11(8-17-12)7-15-10-5-4-6-10/h8-10,15H,4-7H2,1-3H3,(H,17,18,19). The molecule has 0 saturated heterocycles. The highest BCUT2D eigenvalue weighted by molar-refractivity contribution is 5.83. The molecule has 1 amide bonds. The van der Waals surface area contributed by atoms with E-state index in [1.807, 2.05) is 20.8 Å². The van der Waals surface area contributed by atoms with E-state index in [0.717, 1.165) is 5.69 Å². The Hall–Kier alpha value is -1.69. The van der Waals surface area contributed by atoms with Crippen LogP contribution < -0.4 is 10.6 Å². The Morgan fingerprint density at radius 1 is 1.35 bits per heavy atom. The summed E-state index contributed by atoms with van der Waals surface area (Å²) in [4.78, 5) is 20.0. The van der Waals surface area contributed by atoms with Gasteiger partial charge in [-0.05, 0) is 33.6 Å². The molecular formula is C14H22N4O2. The first-order valence-corrected chi connectivity index (χ1v) is 6.97. The smallest absolute Gasteiger partial charge is 0.413 e. The molecule has 0 bridgehead atoms. The van der Waals surface area contributed by atoms with Gasteiger partial charge in [-0.1, -0.05) is 6.42 Å². The average molecular weight is 278 g/mol. The first-order valence-electron chi connectivity index (χ1n) is 6.97. The fourth-order valence-corrected chi connectivity index (χ4v) is 1.78. The van der Waals surface area contributed by atoms with E-state index in [1.54, 1.807) is 12.4 Å². The molecule has 1 heterocycles. The Kier molecular flexibility index (Phi) is 4.54. The second-order valence-electron chi connectivity index (χ2n) is 6.03. The van der Waals surface area contributed by atoms with Crippen LogP contribution in [-0.4, -0.2) is 27.7 Å². The third kappa shape index (κ3) is 4.77. The second kappa shape index (κ2) is 6.17. The van der Waals surface area contributed by atoms with Crippen molar-refractivity contribution >= 4 is 11.9 Å². The minimum atomic E-state index is -0.524. The van der Waals surface area contributed by atoms with E-state index in [-0.39, 0.29) is 0 Å². The molecule has 1 aliphatic rings. The molecule has 1 aromatic heterocycles. The first-order chi connectivity index (χ1) is 9.42. The zero-order valence-corrected chi connectivity index (χ0v) is 12.3. The van der Waals surface area contributed by atoms with E-state index in [0.29, 0.717) is 18.4 Å². The molecule has 0 radical (unpaired) electrons. The Morgan fingerprint density at radius 2 is 2.10 bits per heavy atom. The lowest BCUT2D eigenvalue weighted by molar-refractivity contribution is 0.0635. The van der Waals surface area contributed by atoms with Crippen molar-refractivity contribution in [2.75, 3.05) is 5.32 Å². The topological polar surface area (TPSA) is 76.1 Å². The number of carbonyl (C=O) groups is 1. The number of ether oxygens (including phenoxy) is 1. The van der Waals surface area contributed by atoms with E-state index < -0.39 is 11.7 Å². The van der Waals surface area contributed by atoms with E-state index in [2.05, 4.69) is 20.6 Å². The van der Waals surface area contributed by atoms with Gasteiger partial charge in [0.05, 0.1) is 18.1 Å². The number of hydrogen-bond acceptors (Lipinski definition) is 5. The average Bonchev–Trinajstić information content (AvgIpc) is 2.26. The van der Waals surface area contributed by atoms with E-state index in [1.165, 1.54) is 19.3 Å². The first kappa shape index (κ1) is 14.7. The van der Waals surface area contributed by atoms with Crippen molar-refractivity contribution in [1.82, 2.24) is 15.3 Å². The predicted octanol–water partition coefficient (Wildman–Crippen LogP) is 2.47. The van der Waals surface area contributed by atoms with Gasteiger partial charge < -0.3 is 10.1 Å². The van der Waals surface area contributed by atoms with Crippen molar-refractivity contribution in [3.8, 4) is 0 Å². The van der Waals surface area contributed by atoms with Gasteiger partial charge in [-0.15, -0.1) is 0 Å². The summed E-state index contributed by atoms with van der Waals surface area (Å²) in [7, 11) is 0. The number of nitrogens with zero attached hydrogens (tertiary/aromatic N) is 2. The summed E-state index contributed by atoms with van der Waals surface area (Å²) >= 11 is 0. The monoisotopic (exact) mass is 278 g/mol. The van der Waals surface area contributed by atoms with Crippen LogP contribution in [0.4, 0.5) is 10.6 Å². The van der Waals surface area contributed by atoms with Gasteiger partial charge in [0, 0.05) is 12.6 Å². The van der Waals surface area contributed by atoms with Crippen LogP contribution in [0, 0.1) is 0 Å². The predicted molar refractivity (Wildman–Crippen MR) is 76.4 cm³/mol. The van der Waals surface area contributed by atoms with E-state index >= 15 is 0 Å². The maximum absolute atomic E-state index is 11.6. The second-order valence-corrected chi connectivity index (χ2v) is 6.03. The van der Waals surface area contributed by atoms with Crippen molar-refractivity contribution < 1.29 is 9.53 Å². The lowest BCUT2D eigenvalue weighted by Gasteiger charge is -2.26. The Labute approximate surface area is 119 Å². The zero-order chi connectivity index (χ0) is 14.6. The van der Waals surface area contributed by atoms with Gasteiger partial charge in [0.2, 0.25) is 0 Å². The molecule has 2 N–H and O–H groups in total. The summed E-state index contributed by atoms with van der Waals surface area (Å²) in [5, 5.41) is 5.97. The Morgan fingerprint density at radius 3 is 2.60 bits per heavy atom. The van der Waals surface area contributed by atoms with Crippen LogP contribution in [0.5, 0.6) is 0 Å². The number of hydrogen-bond donors (Lipinski definition) is 2. The third-order valence-corrected chi connectivity index (χ3v) is 3.01. The Balaban J connectivity index is 1.79. The van der Waals surface area contributed by atoms with Gasteiger partial charge in [-0.2, -0.15) is 0 Å². The molecule has 0 aliphatic heterocycles. The van der Waals surface area contributed by atoms with Gasteiger partial charge in [0.15, 0.2) is 5.82 Å². The number of amides is 1. The largest absolute Gasteiger partial charge is 0.444 e. The SMILES string of the molecule is CC(C)(C)OC(=O)Nc1cnc(CNC2CCC2)cn1. The molecule has 2 rings (SSSR count). The lowest BCUT2D eigenvalue weighted by Crippen LogP contribution is -2.34. The van der Waals surface area contributed by atoms with E-state index in [4.69, 9.17) is 4.74 Å². The molecule has 0 atom stereocenters. The molecule has 20 heavy (non-hydrogen) atoms. The summed E-state index contributed by atoms with van der Waals surface area (Å²) in [5.74, 6) is 0.395. The van der Waals surface area contributed by atoms with Crippen LogP contribution in [0.2, 0.25) is 0 Å². The van der Waals surface area contributed by atoms with Crippen LogP contribution in [-0.2, 0) is 11.3 Å². The van der Waals surface area contributed by atoms with Crippen molar-refractivity contribution in [3.05, 3.63) is 18.1 Å². The molecule has 1 saturated carbocycles. The number of anilines is 1. The molecule has 6 nitrogen and oxygen atoms in total. The molecule has 0 spiro atoms. The number of nitrogens with one attached hydrogen (secondary N) is 2. The van der Waals surface area contributed by atoms with Crippen molar-refractivity contribution in [1.29, 1.82) is 0 Å². The lowest BCUT2D eigenvalue weighted by atomic mass is 9.93. The number of carbonyl (C=O) groups excluding carboxylic acids is 1. The Bertz CT molecular complexity index is 449. The van der Waals surface area contributed by atoms with Crippen LogP contribution in [0.25, 0.3) is 0 Å². The summed E-state index contributed by atoms with van der Waals surface area (Å²) in [6.07, 6.45) is 6.48. The highest BCUT2D eigenvalue weighted by Gasteiger charge is 2.17. The minimum absolute atomic E-state index is 0.395. The van der Waals surface area contributed by atoms with Crippen LogP contribution in [0.3, 0.4) is 0 Å². The maximum atomic E-state index is 11.6. The van der Waals surface area contributed by atoms with Crippen LogP contribution >= 0.6 is 0 Å². The van der Waals surface area contributed by atoms with Gasteiger partial charge in [-0.25, -0.2) is 9.78 Å². The van der Waals surface area contributed by atoms with Gasteiger partial charge in [-0.3, -0.25) is 10.3 Å².